The number of carbonyl (C=O) groups excluding carboxylic acids is 1. The van der Waals surface area contributed by atoms with Crippen LogP contribution in [0, 0.1) is 5.82 Å². The molecule has 2 atom stereocenters. The van der Waals surface area contributed by atoms with Gasteiger partial charge in [0.1, 0.15) is 5.82 Å². The molecule has 1 fully saturated rings. The highest BCUT2D eigenvalue weighted by Gasteiger charge is 2.32. The molecule has 3 rings (SSSR count). The first-order valence-electron chi connectivity index (χ1n) is 8.49. The summed E-state index contributed by atoms with van der Waals surface area (Å²) in [6.45, 7) is 6.33. The summed E-state index contributed by atoms with van der Waals surface area (Å²) in [6.07, 6.45) is 0. The molecule has 0 N–H and O–H groups in total. The molecule has 1 heterocycles. The van der Waals surface area contributed by atoms with Gasteiger partial charge in [-0.05, 0) is 43.7 Å². The molecule has 2 aromatic carbocycles. The third kappa shape index (κ3) is 4.02. The molecule has 1 aliphatic rings. The summed E-state index contributed by atoms with van der Waals surface area (Å²) in [5.41, 5.74) is 1.63. The molecule has 3 nitrogen and oxygen atoms in total. The molecule has 1 amide bonds. The molecule has 0 bridgehead atoms. The monoisotopic (exact) mass is 360 g/mol. The predicted molar refractivity (Wildman–Crippen MR) is 98.2 cm³/mol. The Bertz CT molecular complexity index is 750. The Labute approximate surface area is 153 Å². The second-order valence-electron chi connectivity index (χ2n) is 6.69. The second kappa shape index (κ2) is 7.54. The first-order valence-corrected chi connectivity index (χ1v) is 8.87. The molecule has 5 heteroatoms. The van der Waals surface area contributed by atoms with Gasteiger partial charge in [0, 0.05) is 31.7 Å². The molecule has 0 aliphatic carbocycles. The zero-order valence-corrected chi connectivity index (χ0v) is 15.2. The van der Waals surface area contributed by atoms with Crippen LogP contribution >= 0.6 is 11.6 Å². The summed E-state index contributed by atoms with van der Waals surface area (Å²) in [7, 11) is 0. The van der Waals surface area contributed by atoms with E-state index in [1.807, 2.05) is 29.2 Å². The first kappa shape index (κ1) is 17.9. The molecule has 0 radical (unpaired) electrons. The molecule has 0 aromatic heterocycles. The molecule has 25 heavy (non-hydrogen) atoms. The van der Waals surface area contributed by atoms with Crippen molar-refractivity contribution in [1.82, 2.24) is 9.80 Å². The fourth-order valence-corrected chi connectivity index (χ4v) is 3.53. The van der Waals surface area contributed by atoms with Crippen molar-refractivity contribution in [1.29, 1.82) is 0 Å². The van der Waals surface area contributed by atoms with Gasteiger partial charge in [0.15, 0.2) is 0 Å². The number of amides is 1. The van der Waals surface area contributed by atoms with Crippen LogP contribution in [-0.2, 0) is 6.54 Å². The van der Waals surface area contributed by atoms with Crippen LogP contribution in [-0.4, -0.2) is 40.9 Å². The van der Waals surface area contributed by atoms with Crippen LogP contribution < -0.4 is 0 Å². The van der Waals surface area contributed by atoms with Gasteiger partial charge in [0.05, 0.1) is 10.6 Å². The molecular weight excluding hydrogens is 339 g/mol. The minimum atomic E-state index is -0.222. The van der Waals surface area contributed by atoms with Gasteiger partial charge < -0.3 is 4.90 Å². The number of hydrogen-bond acceptors (Lipinski definition) is 2. The van der Waals surface area contributed by atoms with E-state index in [2.05, 4.69) is 18.7 Å². The number of piperazine rings is 1. The van der Waals surface area contributed by atoms with Crippen LogP contribution in [0.3, 0.4) is 0 Å². The van der Waals surface area contributed by atoms with Gasteiger partial charge >= 0.3 is 0 Å². The molecule has 132 valence electrons. The number of carbonyl (C=O) groups is 1. The fourth-order valence-electron chi connectivity index (χ4n) is 3.32. The first-order chi connectivity index (χ1) is 12.0. The predicted octanol–water partition coefficient (Wildman–Crippen LogP) is 4.21. The van der Waals surface area contributed by atoms with Gasteiger partial charge in [-0.3, -0.25) is 9.69 Å². The summed E-state index contributed by atoms with van der Waals surface area (Å²) in [4.78, 5) is 17.1. The van der Waals surface area contributed by atoms with E-state index in [1.54, 1.807) is 12.1 Å². The Morgan fingerprint density at radius 1 is 1.08 bits per heavy atom. The molecule has 1 aliphatic heterocycles. The van der Waals surface area contributed by atoms with Crippen molar-refractivity contribution in [3.05, 3.63) is 70.5 Å². The van der Waals surface area contributed by atoms with Gasteiger partial charge in [-0.25, -0.2) is 4.39 Å². The van der Waals surface area contributed by atoms with Crippen LogP contribution in [0.2, 0.25) is 5.02 Å². The lowest BCUT2D eigenvalue weighted by molar-refractivity contribution is 0.0291. The number of rotatable bonds is 3. The zero-order valence-electron chi connectivity index (χ0n) is 14.5. The molecule has 0 spiro atoms. The standard InChI is InChI=1S/C20H22ClFN2O/c1-14-12-24(20(25)18-5-3-4-6-19(18)21)15(2)11-23(14)13-16-7-9-17(22)10-8-16/h3-10,14-15H,11-13H2,1-2H3. The van der Waals surface area contributed by atoms with Crippen LogP contribution in [0.15, 0.2) is 48.5 Å². The Hall–Kier alpha value is -1.91. The highest BCUT2D eigenvalue weighted by molar-refractivity contribution is 6.33. The van der Waals surface area contributed by atoms with Crippen molar-refractivity contribution in [2.24, 2.45) is 0 Å². The topological polar surface area (TPSA) is 23.6 Å². The largest absolute Gasteiger partial charge is 0.333 e. The molecule has 2 aromatic rings. The van der Waals surface area contributed by atoms with Gasteiger partial charge in [-0.15, -0.1) is 0 Å². The van der Waals surface area contributed by atoms with Gasteiger partial charge in [0.2, 0.25) is 0 Å². The van der Waals surface area contributed by atoms with Crippen molar-refractivity contribution < 1.29 is 9.18 Å². The highest BCUT2D eigenvalue weighted by Crippen LogP contribution is 2.23. The number of hydrogen-bond donors (Lipinski definition) is 0. The van der Waals surface area contributed by atoms with Crippen molar-refractivity contribution in [2.45, 2.75) is 32.5 Å². The molecule has 2 unspecified atom stereocenters. The van der Waals surface area contributed by atoms with Crippen LogP contribution in [0.1, 0.15) is 29.8 Å². The molecule has 0 saturated carbocycles. The van der Waals surface area contributed by atoms with Gasteiger partial charge in [-0.1, -0.05) is 35.9 Å². The van der Waals surface area contributed by atoms with E-state index in [-0.39, 0.29) is 23.8 Å². The van der Waals surface area contributed by atoms with Crippen LogP contribution in [0.25, 0.3) is 0 Å². The van der Waals surface area contributed by atoms with Crippen LogP contribution in [0.5, 0.6) is 0 Å². The lowest BCUT2D eigenvalue weighted by Gasteiger charge is -2.44. The summed E-state index contributed by atoms with van der Waals surface area (Å²) in [5, 5.41) is 0.487. The van der Waals surface area contributed by atoms with Gasteiger partial charge in [-0.2, -0.15) is 0 Å². The number of halogens is 2. The minimum absolute atomic E-state index is 0.0219. The van der Waals surface area contributed by atoms with Gasteiger partial charge in [0.25, 0.3) is 5.91 Å². The summed E-state index contributed by atoms with van der Waals surface area (Å²) < 4.78 is 13.1. The molecular formula is C20H22ClFN2O. The van der Waals surface area contributed by atoms with Crippen LogP contribution in [0.4, 0.5) is 4.39 Å². The average Bonchev–Trinajstić information content (AvgIpc) is 2.59. The number of benzene rings is 2. The third-order valence-electron chi connectivity index (χ3n) is 4.78. The maximum Gasteiger partial charge on any atom is 0.255 e. The van der Waals surface area contributed by atoms with E-state index in [4.69, 9.17) is 11.6 Å². The Balaban J connectivity index is 1.70. The van der Waals surface area contributed by atoms with E-state index in [1.165, 1.54) is 12.1 Å². The lowest BCUT2D eigenvalue weighted by atomic mass is 10.0. The lowest BCUT2D eigenvalue weighted by Crippen LogP contribution is -2.57. The van der Waals surface area contributed by atoms with Crippen molar-refractivity contribution in [3.63, 3.8) is 0 Å². The fraction of sp³-hybridized carbons (Fsp3) is 0.350. The maximum absolute atomic E-state index is 13.1. The summed E-state index contributed by atoms with van der Waals surface area (Å²) >= 11 is 6.18. The Morgan fingerprint density at radius 2 is 1.76 bits per heavy atom. The van der Waals surface area contributed by atoms with E-state index >= 15 is 0 Å². The van der Waals surface area contributed by atoms with E-state index in [9.17, 15) is 9.18 Å². The Morgan fingerprint density at radius 3 is 2.44 bits per heavy atom. The van der Waals surface area contributed by atoms with Crippen molar-refractivity contribution in [3.8, 4) is 0 Å². The minimum Gasteiger partial charge on any atom is -0.333 e. The Kier molecular flexibility index (Phi) is 5.40. The SMILES string of the molecule is CC1CN(C(=O)c2ccccc2Cl)C(C)CN1Cc1ccc(F)cc1. The van der Waals surface area contributed by atoms with E-state index < -0.39 is 0 Å². The summed E-state index contributed by atoms with van der Waals surface area (Å²) in [6, 6.07) is 14.1. The highest BCUT2D eigenvalue weighted by atomic mass is 35.5. The quantitative estimate of drug-likeness (QED) is 0.818. The average molecular weight is 361 g/mol. The maximum atomic E-state index is 13.1. The van der Waals surface area contributed by atoms with Crippen molar-refractivity contribution in [2.75, 3.05) is 13.1 Å². The summed E-state index contributed by atoms with van der Waals surface area (Å²) in [5.74, 6) is -0.244. The van der Waals surface area contributed by atoms with E-state index in [0.717, 1.165) is 18.7 Å². The zero-order chi connectivity index (χ0) is 18.0. The van der Waals surface area contributed by atoms with E-state index in [0.29, 0.717) is 17.1 Å². The molecule has 1 saturated heterocycles. The number of nitrogens with zero attached hydrogens (tertiary/aromatic N) is 2. The smallest absolute Gasteiger partial charge is 0.255 e. The normalized spacial score (nSPS) is 21.4. The third-order valence-corrected chi connectivity index (χ3v) is 5.11. The van der Waals surface area contributed by atoms with Crippen molar-refractivity contribution >= 4 is 17.5 Å². The second-order valence-corrected chi connectivity index (χ2v) is 7.10.